The summed E-state index contributed by atoms with van der Waals surface area (Å²) in [6.45, 7) is 0. The first-order valence-corrected chi connectivity index (χ1v) is 10.1. The number of ether oxygens (including phenoxy) is 1. The van der Waals surface area contributed by atoms with Gasteiger partial charge in [0.1, 0.15) is 22.8 Å². The lowest BCUT2D eigenvalue weighted by atomic mass is 10.1. The number of para-hydroxylation sites is 2. The van der Waals surface area contributed by atoms with E-state index in [0.717, 1.165) is 16.7 Å². The molecule has 3 aromatic carbocycles. The Morgan fingerprint density at radius 1 is 0.938 bits per heavy atom. The maximum absolute atomic E-state index is 12.9. The molecule has 6 nitrogen and oxygen atoms in total. The molecule has 1 aliphatic heterocycles. The number of carbonyl (C=O) groups excluding carboxylic acids is 1. The number of hydrogen-bond acceptors (Lipinski definition) is 5. The second-order valence-electron chi connectivity index (χ2n) is 7.48. The van der Waals surface area contributed by atoms with Crippen LogP contribution in [0.3, 0.4) is 0 Å². The summed E-state index contributed by atoms with van der Waals surface area (Å²) in [4.78, 5) is 12.9. The summed E-state index contributed by atoms with van der Waals surface area (Å²) in [5.74, 6) is 0.881. The van der Waals surface area contributed by atoms with Crippen LogP contribution in [0, 0.1) is 0 Å². The zero-order chi connectivity index (χ0) is 21.7. The topological polar surface area (TPSA) is 77.5 Å². The number of ketones is 1. The van der Waals surface area contributed by atoms with E-state index in [1.165, 1.54) is 12.1 Å². The van der Waals surface area contributed by atoms with Crippen LogP contribution in [0.2, 0.25) is 0 Å². The average Bonchev–Trinajstić information content (AvgIpc) is 3.50. The minimum Gasteiger partial charge on any atom is -0.508 e. The Bertz CT molecular complexity index is 1490. The summed E-state index contributed by atoms with van der Waals surface area (Å²) < 4.78 is 13.5. The zero-order valence-electron chi connectivity index (χ0n) is 16.7. The van der Waals surface area contributed by atoms with Crippen molar-refractivity contribution in [2.75, 3.05) is 0 Å². The summed E-state index contributed by atoms with van der Waals surface area (Å²) >= 11 is 0. The molecule has 154 valence electrons. The molecule has 0 atom stereocenters. The predicted octanol–water partition coefficient (Wildman–Crippen LogP) is 5.61. The monoisotopic (exact) mass is 420 g/mol. The van der Waals surface area contributed by atoms with Gasteiger partial charge in [0, 0.05) is 23.2 Å². The van der Waals surface area contributed by atoms with Crippen LogP contribution in [-0.2, 0) is 0 Å². The Morgan fingerprint density at radius 3 is 2.59 bits per heavy atom. The molecular formula is C26H16N2O4. The van der Waals surface area contributed by atoms with Crippen molar-refractivity contribution in [2.45, 2.75) is 0 Å². The molecule has 0 amide bonds. The van der Waals surface area contributed by atoms with E-state index in [1.807, 2.05) is 66.9 Å². The molecule has 0 aliphatic carbocycles. The molecule has 2 aromatic heterocycles. The second kappa shape index (κ2) is 6.99. The molecule has 0 unspecified atom stereocenters. The maximum atomic E-state index is 12.9. The van der Waals surface area contributed by atoms with Crippen molar-refractivity contribution in [2.24, 2.45) is 0 Å². The van der Waals surface area contributed by atoms with Crippen LogP contribution < -0.4 is 4.74 Å². The first-order chi connectivity index (χ1) is 15.7. The van der Waals surface area contributed by atoms with E-state index in [9.17, 15) is 9.90 Å². The van der Waals surface area contributed by atoms with Crippen molar-refractivity contribution in [3.8, 4) is 28.6 Å². The minimum atomic E-state index is -0.247. The molecule has 1 aliphatic rings. The third kappa shape index (κ3) is 2.97. The molecule has 0 radical (unpaired) electrons. The van der Waals surface area contributed by atoms with Crippen molar-refractivity contribution >= 4 is 22.8 Å². The van der Waals surface area contributed by atoms with Gasteiger partial charge >= 0.3 is 0 Å². The molecule has 32 heavy (non-hydrogen) atoms. The second-order valence-corrected chi connectivity index (χ2v) is 7.48. The number of hydrogen-bond donors (Lipinski definition) is 1. The van der Waals surface area contributed by atoms with Crippen LogP contribution in [0.1, 0.15) is 15.9 Å². The number of fused-ring (bicyclic) bond motifs is 2. The van der Waals surface area contributed by atoms with E-state index < -0.39 is 0 Å². The van der Waals surface area contributed by atoms with Gasteiger partial charge in [0.15, 0.2) is 11.5 Å². The molecule has 0 saturated heterocycles. The highest BCUT2D eigenvalue weighted by atomic mass is 16.5. The van der Waals surface area contributed by atoms with Crippen LogP contribution in [0.5, 0.6) is 11.5 Å². The highest BCUT2D eigenvalue weighted by molar-refractivity contribution is 6.14. The summed E-state index contributed by atoms with van der Waals surface area (Å²) in [5.41, 5.74) is 3.31. The van der Waals surface area contributed by atoms with Crippen molar-refractivity contribution in [3.63, 3.8) is 0 Å². The van der Waals surface area contributed by atoms with Gasteiger partial charge in [0.25, 0.3) is 0 Å². The number of aromatic hydroxyl groups is 1. The quantitative estimate of drug-likeness (QED) is 0.384. The summed E-state index contributed by atoms with van der Waals surface area (Å²) in [5, 5.41) is 15.4. The Kier molecular flexibility index (Phi) is 3.98. The molecule has 6 rings (SSSR count). The van der Waals surface area contributed by atoms with Crippen LogP contribution in [-0.4, -0.2) is 20.7 Å². The fourth-order valence-electron chi connectivity index (χ4n) is 3.81. The number of benzene rings is 3. The Balaban J connectivity index is 1.50. The molecule has 3 heterocycles. The third-order valence-corrected chi connectivity index (χ3v) is 5.36. The van der Waals surface area contributed by atoms with Gasteiger partial charge in [-0.05, 0) is 42.5 Å². The fourth-order valence-corrected chi connectivity index (χ4v) is 3.81. The van der Waals surface area contributed by atoms with Crippen LogP contribution in [0.25, 0.3) is 34.2 Å². The Hall–Kier alpha value is -4.58. The van der Waals surface area contributed by atoms with Crippen molar-refractivity contribution in [3.05, 3.63) is 102 Å². The molecule has 1 N–H and O–H groups in total. The van der Waals surface area contributed by atoms with Crippen LogP contribution >= 0.6 is 0 Å². The first kappa shape index (κ1) is 18.2. The number of phenols is 1. The van der Waals surface area contributed by atoms with Crippen LogP contribution in [0.4, 0.5) is 0 Å². The van der Waals surface area contributed by atoms with Gasteiger partial charge < -0.3 is 14.3 Å². The van der Waals surface area contributed by atoms with E-state index in [0.29, 0.717) is 28.3 Å². The zero-order valence-corrected chi connectivity index (χ0v) is 16.7. The highest BCUT2D eigenvalue weighted by Gasteiger charge is 2.28. The molecule has 5 aromatic rings. The van der Waals surface area contributed by atoms with Crippen molar-refractivity contribution < 1.29 is 19.1 Å². The molecule has 6 heteroatoms. The van der Waals surface area contributed by atoms with Gasteiger partial charge in [-0.25, -0.2) is 4.68 Å². The summed E-state index contributed by atoms with van der Waals surface area (Å²) in [6.07, 6.45) is 3.50. The predicted molar refractivity (Wildman–Crippen MR) is 120 cm³/mol. The normalized spacial score (nSPS) is 14.1. The molecular weight excluding hydrogens is 404 g/mol. The maximum Gasteiger partial charge on any atom is 0.231 e. The Morgan fingerprint density at radius 2 is 1.75 bits per heavy atom. The van der Waals surface area contributed by atoms with Crippen molar-refractivity contribution in [1.82, 2.24) is 9.78 Å². The number of furan rings is 1. The van der Waals surface area contributed by atoms with E-state index in [-0.39, 0.29) is 17.3 Å². The van der Waals surface area contributed by atoms with E-state index >= 15 is 0 Å². The van der Waals surface area contributed by atoms with Gasteiger partial charge in [0.2, 0.25) is 5.78 Å². The highest BCUT2D eigenvalue weighted by Crippen LogP contribution is 2.36. The third-order valence-electron chi connectivity index (χ3n) is 5.36. The fraction of sp³-hybridized carbons (Fsp3) is 0. The van der Waals surface area contributed by atoms with Gasteiger partial charge in [0.05, 0.1) is 11.3 Å². The van der Waals surface area contributed by atoms with Gasteiger partial charge in [-0.15, -0.1) is 0 Å². The standard InChI is InChI=1S/C26H16N2O4/c29-19-10-11-20-22(14-19)32-24(26(20)30)13-17-15-28(18-7-2-1-3-8-18)27-25(17)23-12-16-6-4-5-9-21(16)31-23/h1-15,29H/b24-13-. The SMILES string of the molecule is O=C1/C(=C/c2cn(-c3ccccc3)nc2-c2cc3ccccc3o2)Oc2cc(O)ccc21. The van der Waals surface area contributed by atoms with E-state index in [2.05, 4.69) is 0 Å². The Labute approximate surface area is 182 Å². The minimum absolute atomic E-state index is 0.0395. The summed E-state index contributed by atoms with van der Waals surface area (Å²) in [7, 11) is 0. The van der Waals surface area contributed by atoms with Crippen LogP contribution in [0.15, 0.2) is 95.2 Å². The number of Topliss-reactive ketones (excluding diaryl/α,β-unsaturated/α-hetero) is 1. The number of phenolic OH excluding ortho intramolecular Hbond substituents is 1. The smallest absolute Gasteiger partial charge is 0.231 e. The lowest BCUT2D eigenvalue weighted by molar-refractivity contribution is 0.101. The number of rotatable bonds is 3. The average molecular weight is 420 g/mol. The van der Waals surface area contributed by atoms with E-state index in [1.54, 1.807) is 16.8 Å². The van der Waals surface area contributed by atoms with E-state index in [4.69, 9.17) is 14.3 Å². The van der Waals surface area contributed by atoms with Gasteiger partial charge in [-0.3, -0.25) is 4.79 Å². The van der Waals surface area contributed by atoms with Gasteiger partial charge in [-0.2, -0.15) is 5.10 Å². The number of carbonyl (C=O) groups is 1. The number of aromatic nitrogens is 2. The lowest BCUT2D eigenvalue weighted by Gasteiger charge is -1.99. The number of nitrogens with zero attached hydrogens (tertiary/aromatic N) is 2. The molecule has 0 bridgehead atoms. The largest absolute Gasteiger partial charge is 0.508 e. The summed E-state index contributed by atoms with van der Waals surface area (Å²) in [6, 6.07) is 23.8. The molecule has 0 saturated carbocycles. The first-order valence-electron chi connectivity index (χ1n) is 10.1. The van der Waals surface area contributed by atoms with Crippen molar-refractivity contribution in [1.29, 1.82) is 0 Å². The molecule has 0 spiro atoms. The molecule has 0 fully saturated rings. The number of allylic oxidation sites excluding steroid dienone is 1. The lowest BCUT2D eigenvalue weighted by Crippen LogP contribution is -1.98. The van der Waals surface area contributed by atoms with Gasteiger partial charge in [-0.1, -0.05) is 36.4 Å².